The van der Waals surface area contributed by atoms with Gasteiger partial charge in [0.25, 0.3) is 0 Å². The standard InChI is InChI=1S/2C17H25NO3.Mg/c2*1-2-3-4-5-9-12-16(19)18-15(17(20)21)13-14-10-7-6-8-11-14;/h2*6-8,10-11,15H,2-5,9,12-13H2,1H3,(H,18,19)(H,20,21);/q;;+2/p-2/t2*15-;/m00./s1. The molecule has 0 spiro atoms. The van der Waals surface area contributed by atoms with Gasteiger partial charge in [-0.3, -0.25) is 9.79 Å². The molecule has 0 aliphatic heterocycles. The van der Waals surface area contributed by atoms with Gasteiger partial charge < -0.3 is 25.4 Å². The van der Waals surface area contributed by atoms with Crippen molar-refractivity contribution < 1.29 is 29.7 Å². The van der Waals surface area contributed by atoms with Gasteiger partial charge >= 0.3 is 29.0 Å². The minimum absolute atomic E-state index is 0. The molecule has 1 amide bonds. The number of benzene rings is 2. The van der Waals surface area contributed by atoms with E-state index in [-0.39, 0.29) is 41.3 Å². The molecule has 0 radical (unpaired) electrons. The van der Waals surface area contributed by atoms with E-state index < -0.39 is 24.0 Å². The Labute approximate surface area is 273 Å². The molecule has 232 valence electrons. The van der Waals surface area contributed by atoms with E-state index in [1.54, 1.807) is 0 Å². The van der Waals surface area contributed by atoms with Crippen molar-refractivity contribution in [2.45, 2.75) is 116 Å². The zero-order valence-corrected chi connectivity index (χ0v) is 27.4. The van der Waals surface area contributed by atoms with Crippen LogP contribution in [0, 0.1) is 0 Å². The number of carbonyl (C=O) groups excluding carboxylic acids is 2. The van der Waals surface area contributed by atoms with Crippen LogP contribution in [-0.4, -0.2) is 64.0 Å². The number of aliphatic imine (C=N–C) groups is 1. The zero-order chi connectivity index (χ0) is 31.0. The number of carbonyl (C=O) groups is 3. The van der Waals surface area contributed by atoms with Crippen molar-refractivity contribution in [3.8, 4) is 0 Å². The maximum Gasteiger partial charge on any atom is 2.00 e. The number of carboxylic acids is 2. The molecule has 0 aliphatic carbocycles. The molecule has 0 saturated carbocycles. The summed E-state index contributed by atoms with van der Waals surface area (Å²) in [5.41, 5.74) is 1.75. The van der Waals surface area contributed by atoms with Crippen molar-refractivity contribution in [1.29, 1.82) is 0 Å². The number of amides is 1. The molecular formula is C34H48MgN2O6. The van der Waals surface area contributed by atoms with Crippen LogP contribution < -0.4 is 15.5 Å². The van der Waals surface area contributed by atoms with Crippen LogP contribution in [0.4, 0.5) is 0 Å². The molecule has 0 unspecified atom stereocenters. The normalized spacial score (nSPS) is 12.2. The topological polar surface area (TPSA) is 142 Å². The van der Waals surface area contributed by atoms with E-state index in [4.69, 9.17) is 0 Å². The Morgan fingerprint density at radius 2 is 1.19 bits per heavy atom. The summed E-state index contributed by atoms with van der Waals surface area (Å²) in [4.78, 5) is 37.9. The molecule has 0 fully saturated rings. The van der Waals surface area contributed by atoms with Crippen LogP contribution in [0.15, 0.2) is 65.7 Å². The van der Waals surface area contributed by atoms with Gasteiger partial charge in [0, 0.05) is 19.3 Å². The zero-order valence-electron chi connectivity index (χ0n) is 26.0. The second kappa shape index (κ2) is 25.6. The Morgan fingerprint density at radius 1 is 0.721 bits per heavy atom. The molecule has 2 N–H and O–H groups in total. The molecule has 43 heavy (non-hydrogen) atoms. The Balaban J connectivity index is 0.000000802. The summed E-state index contributed by atoms with van der Waals surface area (Å²) in [6.45, 7) is 4.28. The van der Waals surface area contributed by atoms with Crippen LogP contribution in [0.3, 0.4) is 0 Å². The number of nitrogens with zero attached hydrogens (tertiary/aromatic N) is 1. The van der Waals surface area contributed by atoms with Crippen molar-refractivity contribution in [2.75, 3.05) is 0 Å². The quantitative estimate of drug-likeness (QED) is 0.100. The fraction of sp³-hybridized carbons (Fsp3) is 0.529. The van der Waals surface area contributed by atoms with Gasteiger partial charge in [-0.2, -0.15) is 0 Å². The first-order valence-corrected chi connectivity index (χ1v) is 15.3. The van der Waals surface area contributed by atoms with Crippen molar-refractivity contribution in [3.63, 3.8) is 0 Å². The molecule has 9 heteroatoms. The van der Waals surface area contributed by atoms with Crippen LogP contribution >= 0.6 is 0 Å². The molecule has 2 atom stereocenters. The van der Waals surface area contributed by atoms with Crippen LogP contribution in [0.5, 0.6) is 0 Å². The number of carboxylic acid groups (broad SMARTS) is 2. The van der Waals surface area contributed by atoms with Gasteiger partial charge in [0.15, 0.2) is 0 Å². The fourth-order valence-electron chi connectivity index (χ4n) is 4.34. The molecule has 2 aromatic rings. The fourth-order valence-corrected chi connectivity index (χ4v) is 4.34. The van der Waals surface area contributed by atoms with Gasteiger partial charge in [-0.15, -0.1) is 0 Å². The third-order valence-corrected chi connectivity index (χ3v) is 6.76. The predicted molar refractivity (Wildman–Crippen MR) is 169 cm³/mol. The van der Waals surface area contributed by atoms with E-state index in [1.807, 2.05) is 60.7 Å². The Kier molecular flexibility index (Phi) is 23.8. The smallest absolute Gasteiger partial charge is 0.862 e. The van der Waals surface area contributed by atoms with Crippen LogP contribution in [0.25, 0.3) is 0 Å². The third kappa shape index (κ3) is 20.6. The maximum atomic E-state index is 11.8. The SMILES string of the molecule is CCCCCCCC(=O)N[C@@H](Cc1ccccc1)C(=O)O.CCCCCCCC([O-])=N[C@@H](Cc1ccccc1)C(=O)[O-].[Mg+2]. The summed E-state index contributed by atoms with van der Waals surface area (Å²) in [7, 11) is 0. The molecule has 8 nitrogen and oxygen atoms in total. The first-order chi connectivity index (χ1) is 20.3. The molecule has 2 rings (SSSR count). The predicted octanol–water partition coefficient (Wildman–Crippen LogP) is 4.25. The Hall–Kier alpha value is -2.91. The van der Waals surface area contributed by atoms with E-state index in [9.17, 15) is 29.7 Å². The summed E-state index contributed by atoms with van der Waals surface area (Å²) in [6, 6.07) is 16.6. The van der Waals surface area contributed by atoms with Crippen LogP contribution in [-0.2, 0) is 27.2 Å². The second-order valence-electron chi connectivity index (χ2n) is 10.5. The average molecular weight is 605 g/mol. The monoisotopic (exact) mass is 604 g/mol. The van der Waals surface area contributed by atoms with Gasteiger partial charge in [-0.05, 0) is 36.3 Å². The number of nitrogens with one attached hydrogen (secondary N) is 1. The van der Waals surface area contributed by atoms with Crippen molar-refractivity contribution >= 4 is 46.8 Å². The molecule has 0 heterocycles. The Morgan fingerprint density at radius 3 is 1.65 bits per heavy atom. The summed E-state index contributed by atoms with van der Waals surface area (Å²) >= 11 is 0. The number of unbranched alkanes of at least 4 members (excludes halogenated alkanes) is 8. The summed E-state index contributed by atoms with van der Waals surface area (Å²) in [5.74, 6) is -2.79. The number of aliphatic carboxylic acids is 2. The van der Waals surface area contributed by atoms with E-state index in [0.717, 1.165) is 56.1 Å². The van der Waals surface area contributed by atoms with Crippen LogP contribution in [0.2, 0.25) is 0 Å². The van der Waals surface area contributed by atoms with Gasteiger partial charge in [0.1, 0.15) is 6.04 Å². The van der Waals surface area contributed by atoms with Crippen molar-refractivity contribution in [2.24, 2.45) is 4.99 Å². The van der Waals surface area contributed by atoms with E-state index in [0.29, 0.717) is 19.3 Å². The van der Waals surface area contributed by atoms with E-state index >= 15 is 0 Å². The first-order valence-electron chi connectivity index (χ1n) is 15.3. The molecular weight excluding hydrogens is 557 g/mol. The minimum atomic E-state index is -1.29. The summed E-state index contributed by atoms with van der Waals surface area (Å²) in [5, 5.41) is 34.6. The molecule has 0 bridgehead atoms. The van der Waals surface area contributed by atoms with Crippen LogP contribution in [0.1, 0.15) is 102 Å². The van der Waals surface area contributed by atoms with Crippen molar-refractivity contribution in [1.82, 2.24) is 5.32 Å². The van der Waals surface area contributed by atoms with E-state index in [2.05, 4.69) is 24.2 Å². The molecule has 2 aromatic carbocycles. The van der Waals surface area contributed by atoms with Gasteiger partial charge in [0.2, 0.25) is 5.91 Å². The Bertz CT molecular complexity index is 1050. The minimum Gasteiger partial charge on any atom is -0.862 e. The van der Waals surface area contributed by atoms with Gasteiger partial charge in [-0.25, -0.2) is 4.79 Å². The molecule has 0 aliphatic rings. The van der Waals surface area contributed by atoms with Crippen molar-refractivity contribution in [3.05, 3.63) is 71.8 Å². The van der Waals surface area contributed by atoms with Gasteiger partial charge in [-0.1, -0.05) is 126 Å². The third-order valence-electron chi connectivity index (χ3n) is 6.76. The summed E-state index contributed by atoms with van der Waals surface area (Å²) < 4.78 is 0. The largest absolute Gasteiger partial charge is 2.00 e. The summed E-state index contributed by atoms with van der Waals surface area (Å²) in [6.07, 6.45) is 11.8. The number of hydrogen-bond donors (Lipinski definition) is 2. The number of rotatable bonds is 20. The molecule has 0 saturated heterocycles. The maximum absolute atomic E-state index is 11.8. The molecule has 0 aromatic heterocycles. The average Bonchev–Trinajstić information content (AvgIpc) is 2.97. The number of hydrogen-bond acceptors (Lipinski definition) is 6. The first kappa shape index (κ1) is 40.1. The van der Waals surface area contributed by atoms with E-state index in [1.165, 1.54) is 19.3 Å². The second-order valence-corrected chi connectivity index (χ2v) is 10.5. The van der Waals surface area contributed by atoms with Gasteiger partial charge in [0.05, 0.1) is 12.0 Å².